The van der Waals surface area contributed by atoms with Crippen molar-refractivity contribution in [1.29, 1.82) is 0 Å². The molecule has 0 unspecified atom stereocenters. The molecule has 9 heavy (non-hydrogen) atoms. The molecule has 0 radical (unpaired) electrons. The molecular formula is C7H10OS. The van der Waals surface area contributed by atoms with Crippen LogP contribution in [0, 0.1) is 0 Å². The molecule has 0 saturated carbocycles. The molecule has 2 heteroatoms. The van der Waals surface area contributed by atoms with Gasteiger partial charge in [-0.2, -0.15) is 0 Å². The summed E-state index contributed by atoms with van der Waals surface area (Å²) in [6.07, 6.45) is 2.35. The van der Waals surface area contributed by atoms with Crippen molar-refractivity contribution in [2.24, 2.45) is 0 Å². The standard InChI is InChI=1S/C7H10OS/c1-3-7(5-8)6-9-4-2/h3,5-6H,1,4H2,2H3/b7-6+. The van der Waals surface area contributed by atoms with Gasteiger partial charge in [-0.3, -0.25) is 4.79 Å². The molecule has 0 amide bonds. The summed E-state index contributed by atoms with van der Waals surface area (Å²) in [7, 11) is 0. The van der Waals surface area contributed by atoms with E-state index in [1.165, 1.54) is 0 Å². The molecule has 0 aromatic heterocycles. The van der Waals surface area contributed by atoms with Crippen LogP contribution in [0.25, 0.3) is 0 Å². The van der Waals surface area contributed by atoms with Gasteiger partial charge in [0.1, 0.15) is 0 Å². The van der Waals surface area contributed by atoms with Gasteiger partial charge < -0.3 is 0 Å². The average molecular weight is 142 g/mol. The van der Waals surface area contributed by atoms with E-state index in [0.717, 1.165) is 12.0 Å². The van der Waals surface area contributed by atoms with Gasteiger partial charge in [0.25, 0.3) is 0 Å². The molecule has 50 valence electrons. The van der Waals surface area contributed by atoms with Crippen LogP contribution in [0.1, 0.15) is 6.92 Å². The van der Waals surface area contributed by atoms with Crippen LogP contribution in [-0.2, 0) is 4.79 Å². The molecule has 0 aliphatic carbocycles. The van der Waals surface area contributed by atoms with Crippen molar-refractivity contribution in [3.63, 3.8) is 0 Å². The summed E-state index contributed by atoms with van der Waals surface area (Å²) in [6, 6.07) is 0. The topological polar surface area (TPSA) is 17.1 Å². The minimum Gasteiger partial charge on any atom is -0.298 e. The summed E-state index contributed by atoms with van der Waals surface area (Å²) < 4.78 is 0. The van der Waals surface area contributed by atoms with Crippen molar-refractivity contribution >= 4 is 18.0 Å². The highest BCUT2D eigenvalue weighted by atomic mass is 32.2. The molecule has 0 bridgehead atoms. The van der Waals surface area contributed by atoms with Crippen LogP contribution in [-0.4, -0.2) is 12.0 Å². The van der Waals surface area contributed by atoms with Crippen LogP contribution in [0.4, 0.5) is 0 Å². The van der Waals surface area contributed by atoms with Gasteiger partial charge in [-0.15, -0.1) is 11.8 Å². The molecule has 0 heterocycles. The van der Waals surface area contributed by atoms with E-state index in [9.17, 15) is 4.79 Å². The average Bonchev–Trinajstić information content (AvgIpc) is 1.91. The molecule has 0 aliphatic heterocycles. The number of carbonyl (C=O) groups is 1. The van der Waals surface area contributed by atoms with Gasteiger partial charge in [-0.25, -0.2) is 0 Å². The number of thioether (sulfide) groups is 1. The van der Waals surface area contributed by atoms with E-state index >= 15 is 0 Å². The number of carbonyl (C=O) groups excluding carboxylic acids is 1. The Bertz CT molecular complexity index is 117. The monoisotopic (exact) mass is 142 g/mol. The Hall–Kier alpha value is -0.500. The second-order valence-corrected chi connectivity index (χ2v) is 2.54. The zero-order valence-corrected chi connectivity index (χ0v) is 6.28. The first-order valence-electron chi connectivity index (χ1n) is 2.74. The number of aldehydes is 1. The highest BCUT2D eigenvalue weighted by Gasteiger charge is 1.83. The number of hydrogen-bond donors (Lipinski definition) is 0. The predicted octanol–water partition coefficient (Wildman–Crippen LogP) is 2.01. The third kappa shape index (κ3) is 4.03. The summed E-state index contributed by atoms with van der Waals surface area (Å²) in [5, 5.41) is 1.81. The quantitative estimate of drug-likeness (QED) is 0.339. The molecule has 0 N–H and O–H groups in total. The van der Waals surface area contributed by atoms with Crippen molar-refractivity contribution in [1.82, 2.24) is 0 Å². The molecule has 0 fully saturated rings. The normalized spacial score (nSPS) is 11.0. The summed E-state index contributed by atoms with van der Waals surface area (Å²) in [5.41, 5.74) is 0.654. The molecule has 1 nitrogen and oxygen atoms in total. The first kappa shape index (κ1) is 8.50. The van der Waals surface area contributed by atoms with Crippen LogP contribution in [0.15, 0.2) is 23.6 Å². The SMILES string of the molecule is C=C/C(C=O)=C\SCC. The fourth-order valence-corrected chi connectivity index (χ4v) is 0.814. The molecular weight excluding hydrogens is 132 g/mol. The van der Waals surface area contributed by atoms with E-state index in [1.54, 1.807) is 23.2 Å². The second kappa shape index (κ2) is 5.63. The van der Waals surface area contributed by atoms with Crippen LogP contribution < -0.4 is 0 Å². The van der Waals surface area contributed by atoms with E-state index in [0.29, 0.717) is 5.57 Å². The first-order chi connectivity index (χ1) is 4.35. The Morgan fingerprint density at radius 1 is 1.78 bits per heavy atom. The van der Waals surface area contributed by atoms with Gasteiger partial charge in [0.15, 0.2) is 6.29 Å². The van der Waals surface area contributed by atoms with Crippen LogP contribution in [0.5, 0.6) is 0 Å². The maximum atomic E-state index is 10.1. The van der Waals surface area contributed by atoms with E-state index in [-0.39, 0.29) is 0 Å². The highest BCUT2D eigenvalue weighted by molar-refractivity contribution is 8.02. The van der Waals surface area contributed by atoms with E-state index in [4.69, 9.17) is 0 Å². The molecule has 0 atom stereocenters. The van der Waals surface area contributed by atoms with Gasteiger partial charge in [0.05, 0.1) is 0 Å². The molecule has 0 aromatic carbocycles. The molecule has 0 aromatic rings. The second-order valence-electron chi connectivity index (χ2n) is 1.40. The number of allylic oxidation sites excluding steroid dienone is 2. The smallest absolute Gasteiger partial charge is 0.150 e. The Kier molecular flexibility index (Phi) is 5.32. The third-order valence-corrected chi connectivity index (χ3v) is 1.53. The maximum Gasteiger partial charge on any atom is 0.150 e. The third-order valence-electron chi connectivity index (χ3n) is 0.758. The zero-order valence-electron chi connectivity index (χ0n) is 5.46. The summed E-state index contributed by atoms with van der Waals surface area (Å²) in [5.74, 6) is 0.991. The maximum absolute atomic E-state index is 10.1. The Morgan fingerprint density at radius 3 is 2.78 bits per heavy atom. The Balaban J connectivity index is 3.75. The van der Waals surface area contributed by atoms with Crippen LogP contribution in [0.2, 0.25) is 0 Å². The number of rotatable bonds is 4. The zero-order chi connectivity index (χ0) is 7.11. The first-order valence-corrected chi connectivity index (χ1v) is 3.79. The van der Waals surface area contributed by atoms with Gasteiger partial charge in [-0.1, -0.05) is 19.6 Å². The van der Waals surface area contributed by atoms with Crippen molar-refractivity contribution in [2.45, 2.75) is 6.92 Å². The predicted molar refractivity (Wildman–Crippen MR) is 42.5 cm³/mol. The van der Waals surface area contributed by atoms with Crippen LogP contribution in [0.3, 0.4) is 0 Å². The van der Waals surface area contributed by atoms with Crippen molar-refractivity contribution < 1.29 is 4.79 Å². The van der Waals surface area contributed by atoms with Gasteiger partial charge >= 0.3 is 0 Å². The lowest BCUT2D eigenvalue weighted by Crippen LogP contribution is -1.74. The number of hydrogen-bond acceptors (Lipinski definition) is 2. The molecule has 0 aliphatic rings. The van der Waals surface area contributed by atoms with Gasteiger partial charge in [0.2, 0.25) is 0 Å². The molecule has 0 spiro atoms. The minimum atomic E-state index is 0.654. The molecule has 0 saturated heterocycles. The van der Waals surface area contributed by atoms with Gasteiger partial charge in [-0.05, 0) is 11.2 Å². The molecule has 0 rings (SSSR count). The lowest BCUT2D eigenvalue weighted by atomic mass is 10.3. The van der Waals surface area contributed by atoms with E-state index in [2.05, 4.69) is 6.58 Å². The lowest BCUT2D eigenvalue weighted by molar-refractivity contribution is -0.104. The van der Waals surface area contributed by atoms with Crippen LogP contribution >= 0.6 is 11.8 Å². The van der Waals surface area contributed by atoms with Crippen molar-refractivity contribution in [3.05, 3.63) is 23.6 Å². The largest absolute Gasteiger partial charge is 0.298 e. The highest BCUT2D eigenvalue weighted by Crippen LogP contribution is 2.04. The van der Waals surface area contributed by atoms with Crippen molar-refractivity contribution in [3.8, 4) is 0 Å². The summed E-state index contributed by atoms with van der Waals surface area (Å²) in [6.45, 7) is 5.51. The Morgan fingerprint density at radius 2 is 2.44 bits per heavy atom. The fourth-order valence-electron chi connectivity index (χ4n) is 0.304. The summed E-state index contributed by atoms with van der Waals surface area (Å²) >= 11 is 1.60. The lowest BCUT2D eigenvalue weighted by Gasteiger charge is -1.86. The van der Waals surface area contributed by atoms with Gasteiger partial charge in [0, 0.05) is 5.57 Å². The van der Waals surface area contributed by atoms with Crippen molar-refractivity contribution in [2.75, 3.05) is 5.75 Å². The van der Waals surface area contributed by atoms with E-state index < -0.39 is 0 Å². The fraction of sp³-hybridized carbons (Fsp3) is 0.286. The summed E-state index contributed by atoms with van der Waals surface area (Å²) in [4.78, 5) is 10.1. The Labute approximate surface area is 59.8 Å². The minimum absolute atomic E-state index is 0.654. The van der Waals surface area contributed by atoms with E-state index in [1.807, 2.05) is 6.92 Å².